The summed E-state index contributed by atoms with van der Waals surface area (Å²) in [6, 6.07) is -0.577. The number of rotatable bonds is 12. The van der Waals surface area contributed by atoms with Crippen molar-refractivity contribution >= 4 is 35.2 Å². The second-order valence-corrected chi connectivity index (χ2v) is 8.15. The normalized spacial score (nSPS) is 12.2. The van der Waals surface area contributed by atoms with Crippen molar-refractivity contribution in [1.82, 2.24) is 10.6 Å². The summed E-state index contributed by atoms with van der Waals surface area (Å²) in [5, 5.41) is 14.5. The molecule has 4 N–H and O–H groups in total. The van der Waals surface area contributed by atoms with Crippen molar-refractivity contribution in [2.24, 2.45) is 0 Å². The highest BCUT2D eigenvalue weighted by Gasteiger charge is 2.28. The van der Waals surface area contributed by atoms with E-state index in [1.165, 1.54) is 0 Å². The Kier molecular flexibility index (Phi) is 11.0. The van der Waals surface area contributed by atoms with Crippen LogP contribution in [0.25, 0.3) is 0 Å². The maximum absolute atomic E-state index is 13.8. The van der Waals surface area contributed by atoms with Gasteiger partial charge in [-0.25, -0.2) is 17.6 Å². The largest absolute Gasteiger partial charge is 0.481 e. The summed E-state index contributed by atoms with van der Waals surface area (Å²) in [4.78, 5) is 60.1. The third-order valence-corrected chi connectivity index (χ3v) is 5.17. The maximum atomic E-state index is 13.8. The van der Waals surface area contributed by atoms with Crippen LogP contribution in [-0.4, -0.2) is 53.3 Å². The maximum Gasteiger partial charge on any atom is 0.313 e. The van der Waals surface area contributed by atoms with Gasteiger partial charge in [0.05, 0.1) is 6.04 Å². The van der Waals surface area contributed by atoms with Gasteiger partial charge in [-0.3, -0.25) is 24.0 Å². The summed E-state index contributed by atoms with van der Waals surface area (Å²) >= 11 is 0. The second kappa shape index (κ2) is 14.0. The molecule has 0 aliphatic rings. The Hall–Kier alpha value is -4.63. The minimum atomic E-state index is -1.93. The molecule has 3 amide bonds. The van der Waals surface area contributed by atoms with Gasteiger partial charge in [-0.2, -0.15) is 8.78 Å². The van der Waals surface area contributed by atoms with Crippen LogP contribution in [0.1, 0.15) is 26.2 Å². The first-order chi connectivity index (χ1) is 18.7. The van der Waals surface area contributed by atoms with Gasteiger partial charge in [0.15, 0.2) is 23.2 Å². The second-order valence-electron chi connectivity index (χ2n) is 8.15. The van der Waals surface area contributed by atoms with Gasteiger partial charge in [0.1, 0.15) is 30.0 Å². The van der Waals surface area contributed by atoms with Crippen molar-refractivity contribution < 1.29 is 60.2 Å². The number of ketones is 1. The van der Waals surface area contributed by atoms with Crippen LogP contribution in [-0.2, 0) is 24.0 Å². The van der Waals surface area contributed by atoms with Crippen molar-refractivity contribution in [2.75, 3.05) is 11.9 Å². The van der Waals surface area contributed by atoms with Gasteiger partial charge >= 0.3 is 17.8 Å². The smallest absolute Gasteiger partial charge is 0.313 e. The van der Waals surface area contributed by atoms with Crippen LogP contribution in [0.4, 0.5) is 32.0 Å². The Morgan fingerprint density at radius 1 is 0.875 bits per heavy atom. The monoisotopic (exact) mass is 577 g/mol. The number of carboxylic acid groups (broad SMARTS) is 1. The Morgan fingerprint density at radius 3 is 2.00 bits per heavy atom. The van der Waals surface area contributed by atoms with Gasteiger partial charge in [0, 0.05) is 12.5 Å². The predicted octanol–water partition coefficient (Wildman–Crippen LogP) is 2.35. The van der Waals surface area contributed by atoms with E-state index in [4.69, 9.17) is 5.11 Å². The highest BCUT2D eigenvalue weighted by molar-refractivity contribution is 6.40. The first-order valence-corrected chi connectivity index (χ1v) is 11.3. The van der Waals surface area contributed by atoms with E-state index in [-0.39, 0.29) is 18.9 Å². The highest BCUT2D eigenvalue weighted by Crippen LogP contribution is 2.26. The summed E-state index contributed by atoms with van der Waals surface area (Å²) in [5.74, 6) is -17.9. The van der Waals surface area contributed by atoms with Gasteiger partial charge < -0.3 is 25.8 Å². The Bertz CT molecular complexity index is 1280. The average Bonchev–Trinajstić information content (AvgIpc) is 2.88. The number of hydrogen-bond acceptors (Lipinski definition) is 6. The van der Waals surface area contributed by atoms with E-state index in [9.17, 15) is 50.3 Å². The molecule has 10 nitrogen and oxygen atoms in total. The van der Waals surface area contributed by atoms with Crippen LogP contribution in [0.15, 0.2) is 24.3 Å². The van der Waals surface area contributed by atoms with E-state index in [0.29, 0.717) is 0 Å². The van der Waals surface area contributed by atoms with Crippen LogP contribution < -0.4 is 20.7 Å². The zero-order valence-corrected chi connectivity index (χ0v) is 20.5. The van der Waals surface area contributed by atoms with E-state index in [2.05, 4.69) is 10.1 Å². The number of amides is 3. The summed E-state index contributed by atoms with van der Waals surface area (Å²) in [6.07, 6.45) is -1.00. The van der Waals surface area contributed by atoms with E-state index in [1.807, 2.05) is 5.32 Å². The van der Waals surface area contributed by atoms with Gasteiger partial charge in [-0.05, 0) is 31.9 Å². The number of aliphatic carboxylic acids is 1. The van der Waals surface area contributed by atoms with E-state index >= 15 is 0 Å². The lowest BCUT2D eigenvalue weighted by atomic mass is 10.0. The zero-order chi connectivity index (χ0) is 30.1. The Balaban J connectivity index is 2.07. The van der Waals surface area contributed by atoms with Gasteiger partial charge in [-0.15, -0.1) is 0 Å². The van der Waals surface area contributed by atoms with Crippen LogP contribution in [0.5, 0.6) is 5.75 Å². The molecule has 0 saturated carbocycles. The number of benzene rings is 2. The number of carboxylic acids is 1. The van der Waals surface area contributed by atoms with Gasteiger partial charge in [0.2, 0.25) is 17.5 Å². The van der Waals surface area contributed by atoms with Crippen LogP contribution in [0.2, 0.25) is 0 Å². The fourth-order valence-corrected chi connectivity index (χ4v) is 3.10. The number of anilines is 1. The number of hydrogen-bond donors (Lipinski definition) is 4. The van der Waals surface area contributed by atoms with E-state index < -0.39 is 101 Å². The number of carbonyl (C=O) groups is 5. The Labute approximate surface area is 221 Å². The lowest BCUT2D eigenvalue weighted by Crippen LogP contribution is -2.52. The molecule has 0 heterocycles. The van der Waals surface area contributed by atoms with Crippen LogP contribution >= 0.6 is 0 Å². The average molecular weight is 577 g/mol. The fraction of sp³-hybridized carbons (Fsp3) is 0.292. The first-order valence-electron chi connectivity index (χ1n) is 11.3. The third-order valence-electron chi connectivity index (χ3n) is 5.17. The number of nitrogens with one attached hydrogen (secondary N) is 3. The summed E-state index contributed by atoms with van der Waals surface area (Å²) in [7, 11) is 0. The summed E-state index contributed by atoms with van der Waals surface area (Å²) in [5.41, 5.74) is -0.921. The molecule has 16 heteroatoms. The standard InChI is InChI=1S/C24H21F6N3O7/c1-10(31-23(38)24(39)33-20-11(25)4-2-5-12(20)26)22(37)32-15(6-3-7-17(35)36)16(34)9-40-21-18(29)13(27)8-14(28)19(21)30/h2,4-5,8,10,15H,3,6-7,9H2,1H3,(H,31,38)(H,32,37)(H,33,39)(H,35,36). The minimum absolute atomic E-state index is 0.0862. The number of Topliss-reactive ketones (excluding diaryl/α,β-unsaturated/α-hetero) is 1. The number of carbonyl (C=O) groups excluding carboxylic acids is 4. The quantitative estimate of drug-likeness (QED) is 0.172. The molecule has 2 aromatic carbocycles. The predicted molar refractivity (Wildman–Crippen MR) is 123 cm³/mol. The molecule has 0 radical (unpaired) electrons. The molecule has 0 aliphatic carbocycles. The topological polar surface area (TPSA) is 151 Å². The van der Waals surface area contributed by atoms with Crippen LogP contribution in [0.3, 0.4) is 0 Å². The van der Waals surface area contributed by atoms with Crippen molar-refractivity contribution in [3.63, 3.8) is 0 Å². The fourth-order valence-electron chi connectivity index (χ4n) is 3.10. The molecule has 0 saturated heterocycles. The molecule has 0 fully saturated rings. The van der Waals surface area contributed by atoms with E-state index in [0.717, 1.165) is 25.1 Å². The SMILES string of the molecule is CC(NC(=O)C(=O)Nc1c(F)cccc1F)C(=O)NC(CCCC(=O)O)C(=O)COc1c(F)c(F)cc(F)c1F. The molecule has 2 rings (SSSR count). The van der Waals surface area contributed by atoms with Gasteiger partial charge in [-0.1, -0.05) is 6.07 Å². The van der Waals surface area contributed by atoms with Crippen molar-refractivity contribution in [2.45, 2.75) is 38.3 Å². The number of halogens is 6. The van der Waals surface area contributed by atoms with Crippen LogP contribution in [0, 0.1) is 34.9 Å². The molecule has 2 aromatic rings. The molecule has 0 aromatic heterocycles. The highest BCUT2D eigenvalue weighted by atomic mass is 19.2. The summed E-state index contributed by atoms with van der Waals surface area (Å²) in [6.45, 7) is -0.161. The molecule has 40 heavy (non-hydrogen) atoms. The zero-order valence-electron chi connectivity index (χ0n) is 20.5. The molecule has 2 atom stereocenters. The van der Waals surface area contributed by atoms with Crippen molar-refractivity contribution in [3.8, 4) is 5.75 Å². The third kappa shape index (κ3) is 8.44. The minimum Gasteiger partial charge on any atom is -0.481 e. The molecule has 0 aliphatic heterocycles. The van der Waals surface area contributed by atoms with Gasteiger partial charge in [0.25, 0.3) is 0 Å². The molecule has 0 bridgehead atoms. The number of ether oxygens (including phenoxy) is 1. The first kappa shape index (κ1) is 31.6. The lowest BCUT2D eigenvalue weighted by molar-refractivity contribution is -0.138. The molecular weight excluding hydrogens is 556 g/mol. The molecule has 0 spiro atoms. The molecule has 216 valence electrons. The molecule has 2 unspecified atom stereocenters. The van der Waals surface area contributed by atoms with Crippen molar-refractivity contribution in [3.05, 3.63) is 59.2 Å². The lowest BCUT2D eigenvalue weighted by Gasteiger charge is -2.21. The Morgan fingerprint density at radius 2 is 1.45 bits per heavy atom. The molecular formula is C24H21F6N3O7. The van der Waals surface area contributed by atoms with E-state index in [1.54, 1.807) is 5.32 Å². The number of para-hydroxylation sites is 1. The summed E-state index contributed by atoms with van der Waals surface area (Å²) < 4.78 is 86.3. The van der Waals surface area contributed by atoms with Crippen molar-refractivity contribution in [1.29, 1.82) is 0 Å².